The Kier molecular flexibility index (Phi) is 5.06. The van der Waals surface area contributed by atoms with E-state index < -0.39 is 23.9 Å². The molecule has 6 fully saturated rings. The summed E-state index contributed by atoms with van der Waals surface area (Å²) in [4.78, 5) is 0. The number of hydrogen-bond acceptors (Lipinski definition) is 5. The lowest BCUT2D eigenvalue weighted by Crippen LogP contribution is -2.59. The van der Waals surface area contributed by atoms with Crippen LogP contribution in [-0.2, 0) is 4.74 Å². The van der Waals surface area contributed by atoms with Gasteiger partial charge in [-0.25, -0.2) is 0 Å². The van der Waals surface area contributed by atoms with E-state index in [9.17, 15) is 20.4 Å². The zero-order valence-corrected chi connectivity index (χ0v) is 23.1. The SMILES string of the molecule is C[C@@H]1C[C@H]([C@@H](O)C(C)(C)O)O[C@@H]2[C@H]1[C@@]1(C)CC[C@@]34C[C@@]35CC[C@H](O)C(C)(C)[C@@H]5CC[C@H]4[C@]1(C)[C@H]2O. The van der Waals surface area contributed by atoms with Gasteiger partial charge in [0.25, 0.3) is 0 Å². The number of rotatable bonds is 2. The summed E-state index contributed by atoms with van der Waals surface area (Å²) in [5.74, 6) is 1.64. The first kappa shape index (κ1) is 25.1. The van der Waals surface area contributed by atoms with Gasteiger partial charge in [0.1, 0.15) is 6.10 Å². The van der Waals surface area contributed by atoms with Crippen molar-refractivity contribution < 1.29 is 25.2 Å². The molecule has 5 heteroatoms. The molecule has 6 aliphatic rings. The molecule has 0 radical (unpaired) electrons. The fourth-order valence-electron chi connectivity index (χ4n) is 12.0. The van der Waals surface area contributed by atoms with E-state index in [1.807, 2.05) is 0 Å². The van der Waals surface area contributed by atoms with Crippen LogP contribution < -0.4 is 0 Å². The summed E-state index contributed by atoms with van der Waals surface area (Å²) >= 11 is 0. The summed E-state index contributed by atoms with van der Waals surface area (Å²) in [6, 6.07) is 0. The van der Waals surface area contributed by atoms with E-state index in [4.69, 9.17) is 4.74 Å². The third-order valence-electron chi connectivity index (χ3n) is 13.9. The third-order valence-corrected chi connectivity index (χ3v) is 13.9. The summed E-state index contributed by atoms with van der Waals surface area (Å²) < 4.78 is 6.59. The summed E-state index contributed by atoms with van der Waals surface area (Å²) in [5, 5.41) is 44.4. The van der Waals surface area contributed by atoms with Crippen molar-refractivity contribution in [3.8, 4) is 0 Å². The first-order chi connectivity index (χ1) is 16.1. The average molecular weight is 491 g/mol. The van der Waals surface area contributed by atoms with E-state index >= 15 is 0 Å². The zero-order chi connectivity index (χ0) is 25.6. The maximum atomic E-state index is 12.2. The predicted molar refractivity (Wildman–Crippen MR) is 134 cm³/mol. The van der Waals surface area contributed by atoms with Gasteiger partial charge in [-0.05, 0) is 111 Å². The summed E-state index contributed by atoms with van der Waals surface area (Å²) in [7, 11) is 0. The van der Waals surface area contributed by atoms with E-state index in [0.29, 0.717) is 28.6 Å². The minimum atomic E-state index is -1.23. The van der Waals surface area contributed by atoms with Crippen LogP contribution in [0.2, 0.25) is 0 Å². The first-order valence-electron chi connectivity index (χ1n) is 14.5. The van der Waals surface area contributed by atoms with E-state index in [0.717, 1.165) is 38.5 Å². The molecule has 0 unspecified atom stereocenters. The van der Waals surface area contributed by atoms with Crippen molar-refractivity contribution in [2.75, 3.05) is 0 Å². The van der Waals surface area contributed by atoms with Gasteiger partial charge >= 0.3 is 0 Å². The molecule has 0 bridgehead atoms. The highest BCUT2D eigenvalue weighted by molar-refractivity contribution is 5.32. The third kappa shape index (κ3) is 2.73. The lowest BCUT2D eigenvalue weighted by molar-refractivity contribution is -0.202. The lowest BCUT2D eigenvalue weighted by Gasteiger charge is -2.63. The van der Waals surface area contributed by atoms with Gasteiger partial charge in [0.15, 0.2) is 0 Å². The average Bonchev–Trinajstić information content (AvgIpc) is 3.40. The summed E-state index contributed by atoms with van der Waals surface area (Å²) in [5.41, 5.74) is -0.860. The van der Waals surface area contributed by atoms with E-state index in [1.54, 1.807) is 13.8 Å². The van der Waals surface area contributed by atoms with E-state index in [2.05, 4.69) is 34.6 Å². The molecule has 5 aliphatic carbocycles. The molecular weight excluding hydrogens is 440 g/mol. The van der Waals surface area contributed by atoms with Crippen molar-refractivity contribution in [2.45, 2.75) is 136 Å². The molecule has 0 aromatic carbocycles. The highest BCUT2D eigenvalue weighted by atomic mass is 16.5. The Morgan fingerprint density at radius 2 is 1.54 bits per heavy atom. The van der Waals surface area contributed by atoms with Gasteiger partial charge in [0, 0.05) is 5.41 Å². The highest BCUT2D eigenvalue weighted by Crippen LogP contribution is 2.89. The molecule has 1 heterocycles. The zero-order valence-electron chi connectivity index (χ0n) is 23.1. The molecule has 0 aromatic heterocycles. The number of hydrogen-bond donors (Lipinski definition) is 4. The largest absolute Gasteiger partial charge is 0.393 e. The van der Waals surface area contributed by atoms with Crippen molar-refractivity contribution in [3.63, 3.8) is 0 Å². The topological polar surface area (TPSA) is 90.2 Å². The van der Waals surface area contributed by atoms with Crippen LogP contribution in [0.3, 0.4) is 0 Å². The normalized spacial score (nSPS) is 59.4. The van der Waals surface area contributed by atoms with Gasteiger partial charge in [-0.1, -0.05) is 34.6 Å². The van der Waals surface area contributed by atoms with Gasteiger partial charge in [0.2, 0.25) is 0 Å². The summed E-state index contributed by atoms with van der Waals surface area (Å²) in [6.45, 7) is 15.0. The quantitative estimate of drug-likeness (QED) is 0.464. The van der Waals surface area contributed by atoms with Crippen molar-refractivity contribution in [3.05, 3.63) is 0 Å². The first-order valence-corrected chi connectivity index (χ1v) is 14.5. The van der Waals surface area contributed by atoms with Crippen molar-refractivity contribution in [2.24, 2.45) is 50.7 Å². The monoisotopic (exact) mass is 490 g/mol. The van der Waals surface area contributed by atoms with Gasteiger partial charge in [0.05, 0.1) is 30.0 Å². The number of ether oxygens (including phenoxy) is 1. The molecule has 5 nitrogen and oxygen atoms in total. The molecule has 1 aliphatic heterocycles. The van der Waals surface area contributed by atoms with Crippen LogP contribution in [0.4, 0.5) is 0 Å². The molecule has 6 rings (SSSR count). The van der Waals surface area contributed by atoms with Gasteiger partial charge < -0.3 is 25.2 Å². The number of aliphatic hydroxyl groups is 4. The Labute approximate surface area is 212 Å². The minimum absolute atomic E-state index is 0.00259. The maximum Gasteiger partial charge on any atom is 0.108 e. The van der Waals surface area contributed by atoms with Gasteiger partial charge in [-0.3, -0.25) is 0 Å². The van der Waals surface area contributed by atoms with Crippen LogP contribution in [0, 0.1) is 50.7 Å². The minimum Gasteiger partial charge on any atom is -0.393 e. The van der Waals surface area contributed by atoms with Crippen LogP contribution >= 0.6 is 0 Å². The van der Waals surface area contributed by atoms with Crippen molar-refractivity contribution >= 4 is 0 Å². The van der Waals surface area contributed by atoms with E-state index in [-0.39, 0.29) is 34.4 Å². The van der Waals surface area contributed by atoms with Crippen LogP contribution in [-0.4, -0.2) is 56.5 Å². The second-order valence-corrected chi connectivity index (χ2v) is 15.7. The molecule has 5 saturated carbocycles. The second kappa shape index (κ2) is 7.05. The maximum absolute atomic E-state index is 12.2. The number of aliphatic hydroxyl groups excluding tert-OH is 3. The van der Waals surface area contributed by atoms with Crippen molar-refractivity contribution in [1.29, 1.82) is 0 Å². The fraction of sp³-hybridized carbons (Fsp3) is 1.00. The summed E-state index contributed by atoms with van der Waals surface area (Å²) in [6.07, 6.45) is 6.23. The Morgan fingerprint density at radius 3 is 2.20 bits per heavy atom. The van der Waals surface area contributed by atoms with Crippen LogP contribution in [0.15, 0.2) is 0 Å². The molecule has 13 atom stereocenters. The van der Waals surface area contributed by atoms with Crippen LogP contribution in [0.1, 0.15) is 99.8 Å². The van der Waals surface area contributed by atoms with Crippen LogP contribution in [0.25, 0.3) is 0 Å². The van der Waals surface area contributed by atoms with Crippen molar-refractivity contribution in [1.82, 2.24) is 0 Å². The predicted octanol–water partition coefficient (Wildman–Crippen LogP) is 4.29. The Balaban J connectivity index is 1.36. The molecule has 0 amide bonds. The molecule has 2 spiro atoms. The molecule has 35 heavy (non-hydrogen) atoms. The molecule has 200 valence electrons. The number of fused-ring (bicyclic) bond motifs is 4. The van der Waals surface area contributed by atoms with Crippen LogP contribution in [0.5, 0.6) is 0 Å². The molecule has 0 aromatic rings. The Morgan fingerprint density at radius 1 is 0.914 bits per heavy atom. The molecule has 4 N–H and O–H groups in total. The van der Waals surface area contributed by atoms with E-state index in [1.165, 1.54) is 12.8 Å². The molecule has 1 saturated heterocycles. The second-order valence-electron chi connectivity index (χ2n) is 15.7. The Bertz CT molecular complexity index is 896. The standard InChI is InChI=1S/C30H50O5/c1-16-14-17(23(32)26(4,5)34)35-22-21(16)27(6)12-13-30-15-29(30)11-10-20(31)25(2,3)18(29)8-9-19(30)28(27,7)24(22)33/h16-24,31-34H,8-15H2,1-7H3/t16-,17-,18+,19+,20+,21+,22-,23-,24+,27-,28-,29-,30+/m1/s1. The van der Waals surface area contributed by atoms with Gasteiger partial charge in [-0.15, -0.1) is 0 Å². The lowest BCUT2D eigenvalue weighted by atomic mass is 9.41. The van der Waals surface area contributed by atoms with Gasteiger partial charge in [-0.2, -0.15) is 0 Å². The molecular formula is C30H50O5. The Hall–Kier alpha value is -0.200. The highest BCUT2D eigenvalue weighted by Gasteiger charge is 2.84. The smallest absolute Gasteiger partial charge is 0.108 e. The fourth-order valence-corrected chi connectivity index (χ4v) is 12.0.